The van der Waals surface area contributed by atoms with Gasteiger partial charge >= 0.3 is 6.09 Å². The maximum absolute atomic E-state index is 12.4. The first-order chi connectivity index (χ1) is 17.0. The predicted molar refractivity (Wildman–Crippen MR) is 135 cm³/mol. The number of methoxy groups -OCH3 is 1. The number of hydrazine groups is 2. The van der Waals surface area contributed by atoms with Crippen LogP contribution in [0.2, 0.25) is 5.02 Å². The van der Waals surface area contributed by atoms with Crippen LogP contribution < -0.4 is 26.7 Å². The molecule has 0 unspecified atom stereocenters. The highest BCUT2D eigenvalue weighted by Crippen LogP contribution is 2.25. The molecule has 35 heavy (non-hydrogen) atoms. The third-order valence-electron chi connectivity index (χ3n) is 4.98. The van der Waals surface area contributed by atoms with Crippen molar-refractivity contribution in [2.75, 3.05) is 17.4 Å². The van der Waals surface area contributed by atoms with Crippen molar-refractivity contribution in [3.63, 3.8) is 0 Å². The lowest BCUT2D eigenvalue weighted by Gasteiger charge is -2.16. The van der Waals surface area contributed by atoms with E-state index in [9.17, 15) is 9.59 Å². The number of halogens is 1. The molecule has 0 radical (unpaired) electrons. The van der Waals surface area contributed by atoms with Gasteiger partial charge in [0.05, 0.1) is 25.0 Å². The number of amides is 2. The fourth-order valence-electron chi connectivity index (χ4n) is 3.27. The summed E-state index contributed by atoms with van der Waals surface area (Å²) in [5.41, 5.74) is 10.2. The summed E-state index contributed by atoms with van der Waals surface area (Å²) >= 11 is 6.13. The van der Waals surface area contributed by atoms with Crippen LogP contribution in [0, 0.1) is 0 Å². The molecule has 1 aliphatic heterocycles. The number of nitrogens with zero attached hydrogens (tertiary/aromatic N) is 3. The van der Waals surface area contributed by atoms with Crippen molar-refractivity contribution in [3.05, 3.63) is 83.2 Å². The number of pyridine rings is 1. The van der Waals surface area contributed by atoms with Gasteiger partial charge in [-0.05, 0) is 59.7 Å². The first-order valence-corrected chi connectivity index (χ1v) is 10.9. The van der Waals surface area contributed by atoms with Crippen molar-refractivity contribution < 1.29 is 14.3 Å². The van der Waals surface area contributed by atoms with E-state index >= 15 is 0 Å². The molecule has 4 rings (SSSR count). The van der Waals surface area contributed by atoms with Crippen molar-refractivity contribution in [2.45, 2.75) is 6.54 Å². The van der Waals surface area contributed by atoms with Gasteiger partial charge in [-0.1, -0.05) is 23.7 Å². The second-order valence-corrected chi connectivity index (χ2v) is 7.76. The van der Waals surface area contributed by atoms with E-state index in [1.54, 1.807) is 47.9 Å². The average molecular weight is 492 g/mol. The van der Waals surface area contributed by atoms with Gasteiger partial charge in [0, 0.05) is 28.5 Å². The topological polar surface area (TPSA) is 120 Å². The minimum Gasteiger partial charge on any atom is -0.453 e. The molecule has 1 aliphatic rings. The summed E-state index contributed by atoms with van der Waals surface area (Å²) in [4.78, 5) is 28.1. The Balaban J connectivity index is 1.38. The number of benzene rings is 2. The van der Waals surface area contributed by atoms with Crippen molar-refractivity contribution in [1.29, 1.82) is 0 Å². The van der Waals surface area contributed by atoms with Crippen LogP contribution >= 0.6 is 11.6 Å². The smallest absolute Gasteiger partial charge is 0.411 e. The number of aromatic nitrogens is 1. The van der Waals surface area contributed by atoms with Crippen LogP contribution in [0.1, 0.15) is 11.3 Å². The molecule has 0 saturated heterocycles. The zero-order valence-electron chi connectivity index (χ0n) is 18.7. The number of carbonyl (C=O) groups excluding carboxylic acids is 2. The number of carbonyl (C=O) groups is 2. The van der Waals surface area contributed by atoms with Gasteiger partial charge < -0.3 is 10.1 Å². The average Bonchev–Trinajstić information content (AvgIpc) is 3.41. The van der Waals surface area contributed by atoms with E-state index in [1.807, 2.05) is 30.3 Å². The second-order valence-electron chi connectivity index (χ2n) is 7.32. The Morgan fingerprint density at radius 3 is 2.69 bits per heavy atom. The van der Waals surface area contributed by atoms with Gasteiger partial charge in [-0.15, -0.1) is 5.53 Å². The lowest BCUT2D eigenvalue weighted by molar-refractivity contribution is -0.116. The van der Waals surface area contributed by atoms with Gasteiger partial charge in [0.1, 0.15) is 6.34 Å². The number of anilines is 2. The monoisotopic (exact) mass is 491 g/mol. The Bertz CT molecular complexity index is 1280. The summed E-state index contributed by atoms with van der Waals surface area (Å²) in [7, 11) is 1.31. The van der Waals surface area contributed by atoms with Gasteiger partial charge in [-0.25, -0.2) is 15.3 Å². The maximum Gasteiger partial charge on any atom is 0.411 e. The lowest BCUT2D eigenvalue weighted by atomic mass is 10.1. The molecule has 3 aromatic rings. The maximum atomic E-state index is 12.4. The predicted octanol–water partition coefficient (Wildman–Crippen LogP) is 3.68. The van der Waals surface area contributed by atoms with E-state index in [-0.39, 0.29) is 12.5 Å². The van der Waals surface area contributed by atoms with E-state index in [2.05, 4.69) is 36.5 Å². The molecule has 0 aliphatic carbocycles. The van der Waals surface area contributed by atoms with Crippen molar-refractivity contribution in [2.24, 2.45) is 5.10 Å². The van der Waals surface area contributed by atoms with Crippen molar-refractivity contribution in [3.8, 4) is 11.1 Å². The number of hydrogen-bond acceptors (Lipinski definition) is 8. The molecule has 10 nitrogen and oxygen atoms in total. The molecule has 0 spiro atoms. The van der Waals surface area contributed by atoms with Crippen LogP contribution in [-0.2, 0) is 16.1 Å². The zero-order valence-corrected chi connectivity index (χ0v) is 19.4. The molecule has 2 aromatic carbocycles. The molecule has 4 N–H and O–H groups in total. The Labute approximate surface area is 206 Å². The van der Waals surface area contributed by atoms with E-state index < -0.39 is 6.09 Å². The third kappa shape index (κ3) is 6.34. The fraction of sp³-hybridized carbons (Fsp3) is 0.0833. The molecule has 0 atom stereocenters. The number of nitrogens with one attached hydrogen (secondary N) is 4. The van der Waals surface area contributed by atoms with Crippen LogP contribution in [0.3, 0.4) is 0 Å². The molecular formula is C24H22ClN7O3. The van der Waals surface area contributed by atoms with E-state index in [0.29, 0.717) is 16.4 Å². The van der Waals surface area contributed by atoms with E-state index in [1.165, 1.54) is 13.2 Å². The standard InChI is InChI=1S/C24H22ClN7O3/c1-35-24(34)29-20-6-2-16(3-7-20)17-10-11-26-21(13-17)14-27-23(33)9-4-18-12-19(25)5-8-22(18)32-15-28-30-31-32/h2-13,15,30-31H,14H2,1H3,(H,27,33)(H,29,34)/b9-4+. The largest absolute Gasteiger partial charge is 0.453 e. The number of ether oxygens (including phenoxy) is 1. The molecule has 178 valence electrons. The summed E-state index contributed by atoms with van der Waals surface area (Å²) in [5, 5.41) is 11.6. The molecule has 11 heteroatoms. The minimum absolute atomic E-state index is 0.256. The van der Waals surface area contributed by atoms with E-state index in [4.69, 9.17) is 11.6 Å². The van der Waals surface area contributed by atoms with Gasteiger partial charge in [0.15, 0.2) is 0 Å². The number of hydrazone groups is 1. The number of hydrogen-bond donors (Lipinski definition) is 4. The van der Waals surface area contributed by atoms with Gasteiger partial charge in [0.25, 0.3) is 0 Å². The third-order valence-corrected chi connectivity index (χ3v) is 5.22. The molecule has 2 amide bonds. The van der Waals surface area contributed by atoms with Crippen LogP contribution in [0.25, 0.3) is 17.2 Å². The Hall–Kier alpha value is -4.41. The Kier molecular flexibility index (Phi) is 7.56. The zero-order chi connectivity index (χ0) is 24.6. The molecule has 0 bridgehead atoms. The van der Waals surface area contributed by atoms with Crippen LogP contribution in [0.4, 0.5) is 16.2 Å². The summed E-state index contributed by atoms with van der Waals surface area (Å²) < 4.78 is 4.59. The van der Waals surface area contributed by atoms with Crippen molar-refractivity contribution in [1.82, 2.24) is 21.4 Å². The number of rotatable bonds is 7. The first-order valence-electron chi connectivity index (χ1n) is 10.5. The molecule has 2 heterocycles. The molecule has 0 saturated carbocycles. The molecular weight excluding hydrogens is 470 g/mol. The fourth-order valence-corrected chi connectivity index (χ4v) is 3.45. The highest BCUT2D eigenvalue weighted by molar-refractivity contribution is 6.30. The van der Waals surface area contributed by atoms with Crippen LogP contribution in [0.15, 0.2) is 72.0 Å². The van der Waals surface area contributed by atoms with E-state index in [0.717, 1.165) is 22.4 Å². The highest BCUT2D eigenvalue weighted by Gasteiger charge is 2.12. The summed E-state index contributed by atoms with van der Waals surface area (Å²) in [6, 6.07) is 16.4. The second kappa shape index (κ2) is 11.1. The SMILES string of the molecule is COC(=O)Nc1ccc(-c2ccnc(CNC(=O)/C=C/c3cc(Cl)ccc3N3C=NNN3)c2)cc1. The van der Waals surface area contributed by atoms with Crippen LogP contribution in [-0.4, -0.2) is 30.4 Å². The Morgan fingerprint density at radius 1 is 1.11 bits per heavy atom. The lowest BCUT2D eigenvalue weighted by Crippen LogP contribution is -2.37. The molecule has 1 aromatic heterocycles. The quantitative estimate of drug-likeness (QED) is 0.372. The summed E-state index contributed by atoms with van der Waals surface area (Å²) in [5.74, 6) is -0.275. The minimum atomic E-state index is -0.529. The summed E-state index contributed by atoms with van der Waals surface area (Å²) in [6.45, 7) is 0.256. The van der Waals surface area contributed by atoms with Gasteiger partial charge in [-0.3, -0.25) is 15.1 Å². The van der Waals surface area contributed by atoms with Gasteiger partial charge in [-0.2, -0.15) is 5.10 Å². The Morgan fingerprint density at radius 2 is 1.94 bits per heavy atom. The van der Waals surface area contributed by atoms with Crippen molar-refractivity contribution >= 4 is 47.4 Å². The normalized spacial score (nSPS) is 12.5. The van der Waals surface area contributed by atoms with Crippen LogP contribution in [0.5, 0.6) is 0 Å². The highest BCUT2D eigenvalue weighted by atomic mass is 35.5. The molecule has 0 fully saturated rings. The van der Waals surface area contributed by atoms with Gasteiger partial charge in [0.2, 0.25) is 5.91 Å². The summed E-state index contributed by atoms with van der Waals surface area (Å²) in [6.07, 6.45) is 5.84. The first kappa shape index (κ1) is 23.7.